The number of hydrogen-bond acceptors (Lipinski definition) is 3. The highest BCUT2D eigenvalue weighted by Gasteiger charge is 2.04. The zero-order valence-corrected chi connectivity index (χ0v) is 26.2. The van der Waals surface area contributed by atoms with Gasteiger partial charge in [-0.3, -0.25) is 9.59 Å². The predicted octanol–water partition coefficient (Wildman–Crippen LogP) is 8.28. The van der Waals surface area contributed by atoms with Gasteiger partial charge in [-0.05, 0) is 63.8 Å². The van der Waals surface area contributed by atoms with Gasteiger partial charge in [-0.25, -0.2) is 9.37 Å². The average molecular weight is 552 g/mol. The van der Waals surface area contributed by atoms with Crippen LogP contribution in [-0.4, -0.2) is 42.3 Å². The van der Waals surface area contributed by atoms with Gasteiger partial charge < -0.3 is 10.2 Å². The topological polar surface area (TPSA) is 62.3 Å². The highest BCUT2D eigenvalue weighted by molar-refractivity contribution is 6.29. The van der Waals surface area contributed by atoms with E-state index in [0.29, 0.717) is 11.6 Å². The Bertz CT molecular complexity index is 873. The van der Waals surface area contributed by atoms with Gasteiger partial charge in [-0.2, -0.15) is 0 Å². The first-order chi connectivity index (χ1) is 17.7. The maximum atomic E-state index is 12.1. The SMILES string of the molecule is CC(C)=Cc1ccc(Cl)nc1C.CC(C)C.CCC.CCCN(C)C(=O)CNC=O.Cc1ccc(F)cc1. The summed E-state index contributed by atoms with van der Waals surface area (Å²) in [6, 6.07) is 10.2. The molecule has 0 radical (unpaired) electrons. The zero-order valence-electron chi connectivity index (χ0n) is 25.5. The van der Waals surface area contributed by atoms with Crippen molar-refractivity contribution < 1.29 is 14.0 Å². The summed E-state index contributed by atoms with van der Waals surface area (Å²) >= 11 is 5.72. The Hall–Kier alpha value is -2.73. The molecule has 0 aliphatic heterocycles. The van der Waals surface area contributed by atoms with Crippen LogP contribution in [0.25, 0.3) is 6.08 Å². The normalized spacial score (nSPS) is 9.00. The van der Waals surface area contributed by atoms with E-state index in [4.69, 9.17) is 11.6 Å². The molecule has 5 nitrogen and oxygen atoms in total. The minimum absolute atomic E-state index is 0.0565. The molecule has 38 heavy (non-hydrogen) atoms. The van der Waals surface area contributed by atoms with E-state index in [1.807, 2.05) is 32.9 Å². The summed E-state index contributed by atoms with van der Waals surface area (Å²) < 4.78 is 12.1. The molecule has 1 heterocycles. The van der Waals surface area contributed by atoms with E-state index in [1.54, 1.807) is 24.1 Å². The molecule has 2 rings (SSSR count). The lowest BCUT2D eigenvalue weighted by Gasteiger charge is -2.14. The predicted molar refractivity (Wildman–Crippen MR) is 163 cm³/mol. The van der Waals surface area contributed by atoms with E-state index in [9.17, 15) is 14.0 Å². The lowest BCUT2D eigenvalue weighted by atomic mass is 10.1. The average Bonchev–Trinajstić information content (AvgIpc) is 2.82. The lowest BCUT2D eigenvalue weighted by Crippen LogP contribution is -2.35. The Labute approximate surface area is 236 Å². The summed E-state index contributed by atoms with van der Waals surface area (Å²) in [4.78, 5) is 26.5. The number of amides is 2. The van der Waals surface area contributed by atoms with Crippen molar-refractivity contribution in [2.45, 2.75) is 82.1 Å². The van der Waals surface area contributed by atoms with E-state index >= 15 is 0 Å². The van der Waals surface area contributed by atoms with Gasteiger partial charge in [-0.1, -0.05) is 95.0 Å². The minimum Gasteiger partial charge on any atom is -0.350 e. The highest BCUT2D eigenvalue weighted by atomic mass is 35.5. The van der Waals surface area contributed by atoms with Crippen LogP contribution in [0.3, 0.4) is 0 Å². The van der Waals surface area contributed by atoms with Crippen molar-refractivity contribution in [2.24, 2.45) is 5.92 Å². The van der Waals surface area contributed by atoms with Crippen LogP contribution >= 0.6 is 11.6 Å². The van der Waals surface area contributed by atoms with E-state index in [2.05, 4.69) is 64.8 Å². The second-order valence-corrected chi connectivity index (χ2v) is 9.97. The Morgan fingerprint density at radius 1 is 1.05 bits per heavy atom. The number of halogens is 2. The standard InChI is InChI=1S/C10H12ClN.C7H7F.C7H14N2O2.C4H10.C3H8/c1-7(2)6-9-4-5-10(11)12-8(9)3;1-6-2-4-7(8)5-3-6;1-3-4-9(2)7(11)5-8-6-10;1-4(2)3;1-3-2/h4-6H,1-3H3;2-5H,1H3;6H,3-5H2,1-2H3,(H,8,10);4H,1-3H3;3H2,1-2H3. The van der Waals surface area contributed by atoms with Crippen LogP contribution in [0, 0.1) is 25.6 Å². The summed E-state index contributed by atoms with van der Waals surface area (Å²) in [7, 11) is 1.72. The molecular weight excluding hydrogens is 501 g/mol. The van der Waals surface area contributed by atoms with E-state index in [0.717, 1.165) is 35.7 Å². The van der Waals surface area contributed by atoms with Crippen LogP contribution in [0.15, 0.2) is 42.0 Å². The molecule has 2 aromatic rings. The van der Waals surface area contributed by atoms with Gasteiger partial charge in [0.1, 0.15) is 11.0 Å². The van der Waals surface area contributed by atoms with Crippen molar-refractivity contribution >= 4 is 30.0 Å². The molecule has 0 fully saturated rings. The number of rotatable bonds is 6. The number of aromatic nitrogens is 1. The van der Waals surface area contributed by atoms with Crippen molar-refractivity contribution in [3.63, 3.8) is 0 Å². The third-order valence-corrected chi connectivity index (χ3v) is 4.08. The van der Waals surface area contributed by atoms with Crippen LogP contribution in [-0.2, 0) is 9.59 Å². The molecule has 2 amide bonds. The molecule has 0 saturated heterocycles. The minimum atomic E-state index is -0.171. The molecule has 0 spiro atoms. The molecule has 0 aliphatic rings. The number of nitrogens with zero attached hydrogens (tertiary/aromatic N) is 2. The summed E-state index contributed by atoms with van der Waals surface area (Å²) in [5.74, 6) is 0.606. The van der Waals surface area contributed by atoms with Gasteiger partial charge in [-0.15, -0.1) is 0 Å². The molecule has 0 unspecified atom stereocenters. The van der Waals surface area contributed by atoms with Crippen LogP contribution in [0.5, 0.6) is 0 Å². The van der Waals surface area contributed by atoms with Gasteiger partial charge in [0, 0.05) is 19.3 Å². The molecule has 0 bridgehead atoms. The number of allylic oxidation sites excluding steroid dienone is 1. The van der Waals surface area contributed by atoms with Gasteiger partial charge in [0.05, 0.1) is 6.54 Å². The van der Waals surface area contributed by atoms with Gasteiger partial charge >= 0.3 is 0 Å². The summed E-state index contributed by atoms with van der Waals surface area (Å²) in [5.41, 5.74) is 4.47. The molecule has 0 aliphatic carbocycles. The first kappa shape index (κ1) is 39.8. The summed E-state index contributed by atoms with van der Waals surface area (Å²) in [5, 5.41) is 2.87. The third kappa shape index (κ3) is 27.9. The molecule has 1 N–H and O–H groups in total. The number of nitrogens with one attached hydrogen (secondary N) is 1. The fraction of sp³-hybridized carbons (Fsp3) is 0.516. The van der Waals surface area contributed by atoms with Crippen molar-refractivity contribution in [1.82, 2.24) is 15.2 Å². The Kier molecular flexibility index (Phi) is 27.1. The van der Waals surface area contributed by atoms with Crippen LogP contribution in [0.2, 0.25) is 5.15 Å². The number of benzene rings is 1. The van der Waals surface area contributed by atoms with Crippen molar-refractivity contribution in [3.8, 4) is 0 Å². The van der Waals surface area contributed by atoms with Crippen LogP contribution in [0.4, 0.5) is 4.39 Å². The Balaban J connectivity index is -0.000000435. The van der Waals surface area contributed by atoms with E-state index in [-0.39, 0.29) is 18.3 Å². The first-order valence-corrected chi connectivity index (χ1v) is 13.5. The van der Waals surface area contributed by atoms with Gasteiger partial charge in [0.2, 0.25) is 12.3 Å². The Morgan fingerprint density at radius 3 is 1.92 bits per heavy atom. The maximum absolute atomic E-state index is 12.1. The fourth-order valence-corrected chi connectivity index (χ4v) is 2.45. The summed E-state index contributed by atoms with van der Waals surface area (Å²) in [6.07, 6.45) is 4.81. The number of likely N-dealkylation sites (N-methyl/N-ethyl adjacent to an activating group) is 1. The number of pyridine rings is 1. The van der Waals surface area contributed by atoms with Crippen LogP contribution < -0.4 is 5.32 Å². The maximum Gasteiger partial charge on any atom is 0.241 e. The lowest BCUT2D eigenvalue weighted by molar-refractivity contribution is -0.130. The smallest absolute Gasteiger partial charge is 0.241 e. The molecule has 1 aromatic heterocycles. The molecule has 0 saturated carbocycles. The van der Waals surface area contributed by atoms with E-state index < -0.39 is 0 Å². The number of carbonyl (C=O) groups is 2. The fourth-order valence-electron chi connectivity index (χ4n) is 2.26. The van der Waals surface area contributed by atoms with Gasteiger partial charge in [0.25, 0.3) is 0 Å². The Morgan fingerprint density at radius 2 is 1.55 bits per heavy atom. The molecule has 216 valence electrons. The zero-order chi connectivity index (χ0) is 30.1. The third-order valence-electron chi connectivity index (χ3n) is 3.87. The van der Waals surface area contributed by atoms with E-state index in [1.165, 1.54) is 24.1 Å². The quantitative estimate of drug-likeness (QED) is 0.290. The highest BCUT2D eigenvalue weighted by Crippen LogP contribution is 2.13. The molecule has 7 heteroatoms. The number of hydrogen-bond donors (Lipinski definition) is 1. The van der Waals surface area contributed by atoms with Crippen molar-refractivity contribution in [3.05, 3.63) is 69.8 Å². The molecule has 1 aromatic carbocycles. The van der Waals surface area contributed by atoms with Crippen molar-refractivity contribution in [1.29, 1.82) is 0 Å². The summed E-state index contributed by atoms with van der Waals surface area (Å²) in [6.45, 7) is 21.6. The monoisotopic (exact) mass is 551 g/mol. The van der Waals surface area contributed by atoms with Crippen LogP contribution in [0.1, 0.15) is 85.1 Å². The second-order valence-electron chi connectivity index (χ2n) is 9.58. The first-order valence-electron chi connectivity index (χ1n) is 13.2. The molecule has 0 atom stereocenters. The number of carbonyl (C=O) groups excluding carboxylic acids is 2. The largest absolute Gasteiger partial charge is 0.350 e. The number of aryl methyl sites for hydroxylation is 2. The second kappa shape index (κ2) is 25.9. The molecular formula is C31H51ClFN3O2. The van der Waals surface area contributed by atoms with Gasteiger partial charge in [0.15, 0.2) is 0 Å². The van der Waals surface area contributed by atoms with Crippen molar-refractivity contribution in [2.75, 3.05) is 20.1 Å².